The molecular weight excluding hydrogens is 432 g/mol. The van der Waals surface area contributed by atoms with Crippen LogP contribution in [0, 0.1) is 5.41 Å². The standard InChI is InChI=1S/C21H24N6O4S/c1-31-17-10-14(32(22,29)30)2-3-15(17)20(28)27-9-8-26(11-21(12-27)5-6-21)19-16-4-7-23-18(16)24-13-25-19/h2-4,7,10,13H,5-6,8-9,11-12H2,1H3,(H2,22,29,30)(H,23,24,25). The largest absolute Gasteiger partial charge is 0.496 e. The molecule has 168 valence electrons. The van der Waals surface area contributed by atoms with Crippen LogP contribution in [0.5, 0.6) is 5.75 Å². The number of hydrogen-bond acceptors (Lipinski definition) is 7. The van der Waals surface area contributed by atoms with Gasteiger partial charge in [-0.15, -0.1) is 0 Å². The molecule has 1 spiro atoms. The molecule has 1 aliphatic carbocycles. The van der Waals surface area contributed by atoms with E-state index in [1.165, 1.54) is 25.3 Å². The quantitative estimate of drug-likeness (QED) is 0.605. The van der Waals surface area contributed by atoms with Crippen molar-refractivity contribution in [3.63, 3.8) is 0 Å². The Morgan fingerprint density at radius 2 is 2.00 bits per heavy atom. The summed E-state index contributed by atoms with van der Waals surface area (Å²) in [6, 6.07) is 6.07. The lowest BCUT2D eigenvalue weighted by Gasteiger charge is -2.25. The van der Waals surface area contributed by atoms with E-state index in [0.29, 0.717) is 25.2 Å². The van der Waals surface area contributed by atoms with E-state index in [-0.39, 0.29) is 22.0 Å². The van der Waals surface area contributed by atoms with Crippen LogP contribution in [0.1, 0.15) is 23.2 Å². The predicted octanol–water partition coefficient (Wildman–Crippen LogP) is 1.36. The Morgan fingerprint density at radius 3 is 2.72 bits per heavy atom. The number of rotatable bonds is 4. The molecule has 2 fully saturated rings. The van der Waals surface area contributed by atoms with Gasteiger partial charge < -0.3 is 19.5 Å². The van der Waals surface area contributed by atoms with Crippen molar-refractivity contribution in [1.29, 1.82) is 0 Å². The van der Waals surface area contributed by atoms with Gasteiger partial charge in [0, 0.05) is 43.9 Å². The average Bonchev–Trinajstić information content (AvgIpc) is 3.42. The van der Waals surface area contributed by atoms with E-state index in [1.807, 2.05) is 17.2 Å². The van der Waals surface area contributed by atoms with Crippen LogP contribution in [-0.4, -0.2) is 67.5 Å². The van der Waals surface area contributed by atoms with E-state index in [9.17, 15) is 13.2 Å². The molecule has 1 aliphatic heterocycles. The molecule has 0 bridgehead atoms. The summed E-state index contributed by atoms with van der Waals surface area (Å²) in [4.78, 5) is 29.3. The molecule has 1 saturated heterocycles. The van der Waals surface area contributed by atoms with E-state index in [4.69, 9.17) is 9.88 Å². The molecule has 2 aliphatic rings. The first-order valence-corrected chi connectivity index (χ1v) is 11.9. The molecule has 32 heavy (non-hydrogen) atoms. The van der Waals surface area contributed by atoms with Crippen molar-refractivity contribution in [3.05, 3.63) is 42.4 Å². The third-order valence-corrected chi connectivity index (χ3v) is 7.21. The maximum Gasteiger partial charge on any atom is 0.257 e. The number of H-pyrrole nitrogens is 1. The first-order chi connectivity index (χ1) is 15.3. The number of aromatic nitrogens is 3. The first kappa shape index (κ1) is 20.7. The number of aromatic amines is 1. The lowest BCUT2D eigenvalue weighted by atomic mass is 10.1. The molecule has 11 heteroatoms. The van der Waals surface area contributed by atoms with Gasteiger partial charge in [0.15, 0.2) is 0 Å². The van der Waals surface area contributed by atoms with Gasteiger partial charge in [0.05, 0.1) is 23.0 Å². The van der Waals surface area contributed by atoms with Crippen LogP contribution in [-0.2, 0) is 10.0 Å². The second-order valence-electron chi connectivity index (χ2n) is 8.49. The lowest BCUT2D eigenvalue weighted by Crippen LogP contribution is -2.36. The van der Waals surface area contributed by atoms with Crippen molar-refractivity contribution in [2.45, 2.75) is 17.7 Å². The zero-order valence-corrected chi connectivity index (χ0v) is 18.4. The van der Waals surface area contributed by atoms with Crippen LogP contribution in [0.2, 0.25) is 0 Å². The topological polar surface area (TPSA) is 135 Å². The number of benzene rings is 1. The number of fused-ring (bicyclic) bond motifs is 1. The molecule has 10 nitrogen and oxygen atoms in total. The fourth-order valence-electron chi connectivity index (χ4n) is 4.41. The number of anilines is 1. The van der Waals surface area contributed by atoms with Crippen LogP contribution in [0.25, 0.3) is 11.0 Å². The zero-order valence-electron chi connectivity index (χ0n) is 17.6. The van der Waals surface area contributed by atoms with Crippen LogP contribution in [0.3, 0.4) is 0 Å². The Morgan fingerprint density at radius 1 is 1.19 bits per heavy atom. The minimum Gasteiger partial charge on any atom is -0.496 e. The highest BCUT2D eigenvalue weighted by molar-refractivity contribution is 7.89. The Balaban J connectivity index is 1.44. The smallest absolute Gasteiger partial charge is 0.257 e. The number of primary sulfonamides is 1. The lowest BCUT2D eigenvalue weighted by molar-refractivity contribution is 0.0737. The molecule has 2 aromatic heterocycles. The van der Waals surface area contributed by atoms with Gasteiger partial charge in [-0.1, -0.05) is 0 Å². The van der Waals surface area contributed by atoms with E-state index >= 15 is 0 Å². The minimum atomic E-state index is -3.89. The monoisotopic (exact) mass is 456 g/mol. The molecule has 0 radical (unpaired) electrons. The predicted molar refractivity (Wildman–Crippen MR) is 118 cm³/mol. The number of nitrogens with zero attached hydrogens (tertiary/aromatic N) is 4. The molecule has 1 amide bonds. The highest BCUT2D eigenvalue weighted by atomic mass is 32.2. The van der Waals surface area contributed by atoms with Gasteiger partial charge >= 0.3 is 0 Å². The number of carbonyl (C=O) groups is 1. The summed E-state index contributed by atoms with van der Waals surface area (Å²) in [5, 5.41) is 6.18. The molecule has 0 atom stereocenters. The van der Waals surface area contributed by atoms with Gasteiger partial charge in [-0.25, -0.2) is 23.5 Å². The normalized spacial score (nSPS) is 18.1. The Bertz CT molecular complexity index is 1300. The number of amides is 1. The average molecular weight is 457 g/mol. The number of ether oxygens (including phenoxy) is 1. The minimum absolute atomic E-state index is 0.0213. The number of methoxy groups -OCH3 is 1. The molecule has 3 N–H and O–H groups in total. The Hall–Kier alpha value is -3.18. The van der Waals surface area contributed by atoms with Crippen LogP contribution < -0.4 is 14.8 Å². The third-order valence-electron chi connectivity index (χ3n) is 6.30. The summed E-state index contributed by atoms with van der Waals surface area (Å²) in [6.45, 7) is 2.58. The van der Waals surface area contributed by atoms with Crippen molar-refractivity contribution in [1.82, 2.24) is 19.9 Å². The number of nitrogens with one attached hydrogen (secondary N) is 1. The van der Waals surface area contributed by atoms with Crippen LogP contribution in [0.4, 0.5) is 5.82 Å². The molecule has 3 heterocycles. The first-order valence-electron chi connectivity index (χ1n) is 10.3. The molecule has 5 rings (SSSR count). The van der Waals surface area contributed by atoms with Crippen molar-refractivity contribution in [2.24, 2.45) is 10.6 Å². The number of sulfonamides is 1. The summed E-state index contributed by atoms with van der Waals surface area (Å²) < 4.78 is 28.7. The molecule has 1 aromatic carbocycles. The second kappa shape index (κ2) is 7.45. The maximum absolute atomic E-state index is 13.4. The molecular formula is C21H24N6O4S. The molecule has 3 aromatic rings. The summed E-state index contributed by atoms with van der Waals surface area (Å²) in [6.07, 6.45) is 5.48. The van der Waals surface area contributed by atoms with E-state index < -0.39 is 10.0 Å². The molecule has 1 saturated carbocycles. The molecule has 0 unspecified atom stereocenters. The highest BCUT2D eigenvalue weighted by Crippen LogP contribution is 2.49. The summed E-state index contributed by atoms with van der Waals surface area (Å²) >= 11 is 0. The van der Waals surface area contributed by atoms with Gasteiger partial charge in [0.1, 0.15) is 23.5 Å². The van der Waals surface area contributed by atoms with Gasteiger partial charge in [-0.2, -0.15) is 0 Å². The summed E-state index contributed by atoms with van der Waals surface area (Å²) in [7, 11) is -2.49. The van der Waals surface area contributed by atoms with Crippen molar-refractivity contribution < 1.29 is 17.9 Å². The van der Waals surface area contributed by atoms with Crippen molar-refractivity contribution in [3.8, 4) is 5.75 Å². The van der Waals surface area contributed by atoms with Gasteiger partial charge in [0.2, 0.25) is 10.0 Å². The van der Waals surface area contributed by atoms with E-state index in [1.54, 1.807) is 6.33 Å². The highest BCUT2D eigenvalue weighted by Gasteiger charge is 2.48. The number of carbonyl (C=O) groups excluding carboxylic acids is 1. The van der Waals surface area contributed by atoms with Crippen molar-refractivity contribution in [2.75, 3.05) is 38.2 Å². The Labute approximate surface area is 185 Å². The fraction of sp³-hybridized carbons (Fsp3) is 0.381. The second-order valence-corrected chi connectivity index (χ2v) is 10.1. The summed E-state index contributed by atoms with van der Waals surface area (Å²) in [5.74, 6) is 0.870. The fourth-order valence-corrected chi connectivity index (χ4v) is 4.94. The SMILES string of the molecule is COc1cc(S(N)(=O)=O)ccc1C(=O)N1CCN(c2ncnc3[nH]ccc23)CC2(CC2)C1. The zero-order chi connectivity index (χ0) is 22.5. The van der Waals surface area contributed by atoms with Gasteiger partial charge in [0.25, 0.3) is 5.91 Å². The Kier molecular flexibility index (Phi) is 4.82. The number of hydrogen-bond donors (Lipinski definition) is 2. The van der Waals surface area contributed by atoms with Crippen LogP contribution >= 0.6 is 0 Å². The van der Waals surface area contributed by atoms with Gasteiger partial charge in [-0.3, -0.25) is 4.79 Å². The van der Waals surface area contributed by atoms with Crippen molar-refractivity contribution >= 4 is 32.8 Å². The summed E-state index contributed by atoms with van der Waals surface area (Å²) in [5.41, 5.74) is 1.13. The maximum atomic E-state index is 13.4. The van der Waals surface area contributed by atoms with E-state index in [2.05, 4.69) is 19.9 Å². The van der Waals surface area contributed by atoms with Gasteiger partial charge in [-0.05, 0) is 31.0 Å². The third kappa shape index (κ3) is 3.67. The number of nitrogens with two attached hydrogens (primary N) is 1. The van der Waals surface area contributed by atoms with E-state index in [0.717, 1.165) is 36.2 Å². The van der Waals surface area contributed by atoms with Crippen LogP contribution in [0.15, 0.2) is 41.7 Å².